The van der Waals surface area contributed by atoms with Crippen LogP contribution in [0.15, 0.2) is 18.2 Å². The maximum atomic E-state index is 13.5. The average molecular weight is 296 g/mol. The third kappa shape index (κ3) is 3.14. The molecule has 5 nitrogen and oxygen atoms in total. The SMILES string of the molecule is O=C(Nc1ccc(F)cc1F)N1CC(N2CCNCC2)C1. The van der Waals surface area contributed by atoms with E-state index < -0.39 is 11.6 Å². The molecule has 0 saturated carbocycles. The van der Waals surface area contributed by atoms with Crippen molar-refractivity contribution in [3.8, 4) is 0 Å². The molecule has 3 rings (SSSR count). The third-order valence-corrected chi connectivity index (χ3v) is 3.99. The van der Waals surface area contributed by atoms with E-state index in [0.717, 1.165) is 38.3 Å². The van der Waals surface area contributed by atoms with Crippen LogP contribution in [0, 0.1) is 11.6 Å². The van der Waals surface area contributed by atoms with E-state index in [1.54, 1.807) is 4.90 Å². The molecule has 0 bridgehead atoms. The lowest BCUT2D eigenvalue weighted by Gasteiger charge is -2.46. The number of nitrogens with zero attached hydrogens (tertiary/aromatic N) is 2. The number of hydrogen-bond donors (Lipinski definition) is 2. The van der Waals surface area contributed by atoms with Gasteiger partial charge in [0.05, 0.1) is 5.69 Å². The van der Waals surface area contributed by atoms with E-state index in [-0.39, 0.29) is 11.7 Å². The van der Waals surface area contributed by atoms with Gasteiger partial charge >= 0.3 is 6.03 Å². The van der Waals surface area contributed by atoms with Crippen LogP contribution in [-0.2, 0) is 0 Å². The molecule has 1 aromatic rings. The molecule has 0 radical (unpaired) electrons. The Morgan fingerprint density at radius 2 is 1.95 bits per heavy atom. The van der Waals surface area contributed by atoms with E-state index in [4.69, 9.17) is 0 Å². The number of benzene rings is 1. The highest BCUT2D eigenvalue weighted by molar-refractivity contribution is 5.90. The Morgan fingerprint density at radius 3 is 2.62 bits per heavy atom. The zero-order valence-corrected chi connectivity index (χ0v) is 11.6. The van der Waals surface area contributed by atoms with Crippen molar-refractivity contribution in [3.05, 3.63) is 29.8 Å². The number of nitrogens with one attached hydrogen (secondary N) is 2. The van der Waals surface area contributed by atoms with Crippen LogP contribution in [0.3, 0.4) is 0 Å². The molecule has 0 unspecified atom stereocenters. The fraction of sp³-hybridized carbons (Fsp3) is 0.500. The predicted molar refractivity (Wildman–Crippen MR) is 75.2 cm³/mol. The molecule has 2 aliphatic heterocycles. The van der Waals surface area contributed by atoms with Crippen LogP contribution in [0.2, 0.25) is 0 Å². The Balaban J connectivity index is 1.51. The first kappa shape index (κ1) is 14.2. The molecule has 114 valence electrons. The Kier molecular flexibility index (Phi) is 4.03. The van der Waals surface area contributed by atoms with Gasteiger partial charge in [0.2, 0.25) is 0 Å². The number of hydrogen-bond acceptors (Lipinski definition) is 3. The summed E-state index contributed by atoms with van der Waals surface area (Å²) in [6, 6.07) is 3.16. The second-order valence-corrected chi connectivity index (χ2v) is 5.40. The first-order valence-corrected chi connectivity index (χ1v) is 7.09. The van der Waals surface area contributed by atoms with Gasteiger partial charge in [0.1, 0.15) is 11.6 Å². The molecule has 2 heterocycles. The van der Waals surface area contributed by atoms with E-state index in [2.05, 4.69) is 15.5 Å². The standard InChI is InChI=1S/C14H18F2N4O/c15-10-1-2-13(12(16)7-10)18-14(21)20-8-11(9-20)19-5-3-17-4-6-19/h1-2,7,11,17H,3-6,8-9H2,(H,18,21). The smallest absolute Gasteiger partial charge is 0.321 e. The van der Waals surface area contributed by atoms with Gasteiger partial charge in [-0.2, -0.15) is 0 Å². The topological polar surface area (TPSA) is 47.6 Å². The number of rotatable bonds is 2. The van der Waals surface area contributed by atoms with Crippen LogP contribution >= 0.6 is 0 Å². The minimum absolute atomic E-state index is 0.00650. The number of carbonyl (C=O) groups is 1. The average Bonchev–Trinajstić information content (AvgIpc) is 2.41. The molecular formula is C14H18F2N4O. The van der Waals surface area contributed by atoms with Crippen molar-refractivity contribution in [2.45, 2.75) is 6.04 Å². The number of halogens is 2. The van der Waals surface area contributed by atoms with Crippen LogP contribution in [0.25, 0.3) is 0 Å². The van der Waals surface area contributed by atoms with Gasteiger partial charge in [0, 0.05) is 51.4 Å². The summed E-state index contributed by atoms with van der Waals surface area (Å²) in [7, 11) is 0. The van der Waals surface area contributed by atoms with Gasteiger partial charge in [-0.3, -0.25) is 4.90 Å². The highest BCUT2D eigenvalue weighted by Gasteiger charge is 2.35. The normalized spacial score (nSPS) is 20.2. The molecule has 0 spiro atoms. The summed E-state index contributed by atoms with van der Waals surface area (Å²) in [4.78, 5) is 16.0. The number of carbonyl (C=O) groups excluding carboxylic acids is 1. The minimum Gasteiger partial charge on any atom is -0.321 e. The molecule has 2 amide bonds. The van der Waals surface area contributed by atoms with E-state index in [1.807, 2.05) is 0 Å². The second kappa shape index (κ2) is 5.95. The van der Waals surface area contributed by atoms with Crippen molar-refractivity contribution in [2.24, 2.45) is 0 Å². The summed E-state index contributed by atoms with van der Waals surface area (Å²) < 4.78 is 26.3. The fourth-order valence-electron chi connectivity index (χ4n) is 2.68. The lowest BCUT2D eigenvalue weighted by molar-refractivity contribution is 0.0537. The Morgan fingerprint density at radius 1 is 1.24 bits per heavy atom. The maximum Gasteiger partial charge on any atom is 0.322 e. The van der Waals surface area contributed by atoms with Crippen LogP contribution in [0.1, 0.15) is 0 Å². The molecule has 2 saturated heterocycles. The predicted octanol–water partition coefficient (Wildman–Crippen LogP) is 1.09. The van der Waals surface area contributed by atoms with Crippen molar-refractivity contribution in [1.29, 1.82) is 0 Å². The quantitative estimate of drug-likeness (QED) is 0.859. The van der Waals surface area contributed by atoms with Crippen molar-refractivity contribution < 1.29 is 13.6 Å². The molecule has 0 aromatic heterocycles. The lowest BCUT2D eigenvalue weighted by atomic mass is 10.1. The molecule has 0 aliphatic carbocycles. The lowest BCUT2D eigenvalue weighted by Crippen LogP contribution is -2.64. The van der Waals surface area contributed by atoms with E-state index >= 15 is 0 Å². The fourth-order valence-corrected chi connectivity index (χ4v) is 2.68. The van der Waals surface area contributed by atoms with Crippen LogP contribution in [0.5, 0.6) is 0 Å². The van der Waals surface area contributed by atoms with E-state index in [0.29, 0.717) is 19.1 Å². The number of amides is 2. The molecule has 0 atom stereocenters. The molecule has 2 fully saturated rings. The van der Waals surface area contributed by atoms with Crippen LogP contribution < -0.4 is 10.6 Å². The number of piperazine rings is 1. The molecule has 7 heteroatoms. The van der Waals surface area contributed by atoms with Gasteiger partial charge in [-0.15, -0.1) is 0 Å². The third-order valence-electron chi connectivity index (χ3n) is 3.99. The van der Waals surface area contributed by atoms with Gasteiger partial charge in [-0.25, -0.2) is 13.6 Å². The van der Waals surface area contributed by atoms with Crippen molar-refractivity contribution >= 4 is 11.7 Å². The summed E-state index contributed by atoms with van der Waals surface area (Å²) in [6.45, 7) is 5.23. The monoisotopic (exact) mass is 296 g/mol. The van der Waals surface area contributed by atoms with Gasteiger partial charge in [-0.05, 0) is 12.1 Å². The highest BCUT2D eigenvalue weighted by Crippen LogP contribution is 2.19. The summed E-state index contributed by atoms with van der Waals surface area (Å²) >= 11 is 0. The van der Waals surface area contributed by atoms with E-state index in [1.165, 1.54) is 6.07 Å². The van der Waals surface area contributed by atoms with Gasteiger partial charge in [-0.1, -0.05) is 0 Å². The number of likely N-dealkylation sites (tertiary alicyclic amines) is 1. The van der Waals surface area contributed by atoms with Crippen molar-refractivity contribution in [2.75, 3.05) is 44.6 Å². The zero-order chi connectivity index (χ0) is 14.8. The Hall–Kier alpha value is -1.73. The van der Waals surface area contributed by atoms with Crippen molar-refractivity contribution in [3.63, 3.8) is 0 Å². The molecular weight excluding hydrogens is 278 g/mol. The van der Waals surface area contributed by atoms with Gasteiger partial charge in [0.25, 0.3) is 0 Å². The summed E-state index contributed by atoms with van der Waals surface area (Å²) in [5, 5.41) is 5.77. The zero-order valence-electron chi connectivity index (χ0n) is 11.6. The molecule has 2 aliphatic rings. The molecule has 1 aromatic carbocycles. The number of urea groups is 1. The van der Waals surface area contributed by atoms with Crippen LogP contribution in [-0.4, -0.2) is 61.1 Å². The van der Waals surface area contributed by atoms with E-state index in [9.17, 15) is 13.6 Å². The minimum atomic E-state index is -0.762. The van der Waals surface area contributed by atoms with Crippen LogP contribution in [0.4, 0.5) is 19.3 Å². The second-order valence-electron chi connectivity index (χ2n) is 5.40. The Labute approximate surface area is 121 Å². The maximum absolute atomic E-state index is 13.5. The largest absolute Gasteiger partial charge is 0.322 e. The van der Waals surface area contributed by atoms with Gasteiger partial charge < -0.3 is 15.5 Å². The summed E-state index contributed by atoms with van der Waals surface area (Å²) in [5.41, 5.74) is 0.00650. The molecule has 2 N–H and O–H groups in total. The van der Waals surface area contributed by atoms with Crippen molar-refractivity contribution in [1.82, 2.24) is 15.1 Å². The van der Waals surface area contributed by atoms with Gasteiger partial charge in [0.15, 0.2) is 0 Å². The summed E-state index contributed by atoms with van der Waals surface area (Å²) in [5.74, 6) is -1.42. The Bertz CT molecular complexity index is 528. The first-order chi connectivity index (χ1) is 10.1. The summed E-state index contributed by atoms with van der Waals surface area (Å²) in [6.07, 6.45) is 0. The highest BCUT2D eigenvalue weighted by atomic mass is 19.1. The first-order valence-electron chi connectivity index (χ1n) is 7.09. The molecule has 21 heavy (non-hydrogen) atoms. The number of anilines is 1.